The Labute approximate surface area is 138 Å². The molecule has 0 fully saturated rings. The molecule has 1 aromatic heterocycles. The van der Waals surface area contributed by atoms with E-state index in [0.717, 1.165) is 16.9 Å². The number of aliphatic hydroxyl groups excluding tert-OH is 1. The van der Waals surface area contributed by atoms with Gasteiger partial charge in [-0.2, -0.15) is 0 Å². The summed E-state index contributed by atoms with van der Waals surface area (Å²) >= 11 is 0. The van der Waals surface area contributed by atoms with Crippen LogP contribution in [-0.4, -0.2) is 21.4 Å². The van der Waals surface area contributed by atoms with Crippen molar-refractivity contribution in [3.8, 4) is 5.75 Å². The van der Waals surface area contributed by atoms with Crippen LogP contribution in [0.2, 0.25) is 0 Å². The molecule has 3 rings (SSSR count). The molecular weight excluding hydrogens is 308 g/mol. The minimum absolute atomic E-state index is 0.174. The van der Waals surface area contributed by atoms with E-state index in [-0.39, 0.29) is 12.3 Å². The molecule has 0 amide bonds. The van der Waals surface area contributed by atoms with Crippen LogP contribution in [0.25, 0.3) is 0 Å². The first kappa shape index (κ1) is 16.0. The Morgan fingerprint density at radius 2 is 1.88 bits per heavy atom. The molecule has 0 aliphatic carbocycles. The van der Waals surface area contributed by atoms with E-state index in [0.29, 0.717) is 13.0 Å². The van der Waals surface area contributed by atoms with Crippen LogP contribution in [0, 0.1) is 0 Å². The highest BCUT2D eigenvalue weighted by molar-refractivity contribution is 5.29. The molecule has 0 bridgehead atoms. The van der Waals surface area contributed by atoms with Crippen LogP contribution in [0.15, 0.2) is 63.8 Å². The lowest BCUT2D eigenvalue weighted by molar-refractivity contribution is 0.165. The van der Waals surface area contributed by atoms with E-state index in [4.69, 9.17) is 9.15 Å². The Hall–Kier alpha value is -2.86. The zero-order valence-electron chi connectivity index (χ0n) is 13.0. The monoisotopic (exact) mass is 326 g/mol. The van der Waals surface area contributed by atoms with Crippen LogP contribution in [0.3, 0.4) is 0 Å². The first-order chi connectivity index (χ1) is 11.7. The average Bonchev–Trinajstić information content (AvgIpc) is 2.99. The molecule has 0 saturated heterocycles. The molecule has 6 heteroatoms. The second-order valence-electron chi connectivity index (χ2n) is 5.49. The van der Waals surface area contributed by atoms with E-state index >= 15 is 0 Å². The molecule has 1 heterocycles. The molecule has 24 heavy (non-hydrogen) atoms. The minimum atomic E-state index is -0.694. The topological polar surface area (TPSA) is 88.4 Å². The van der Waals surface area contributed by atoms with E-state index < -0.39 is 11.9 Å². The van der Waals surface area contributed by atoms with Crippen molar-refractivity contribution in [3.05, 3.63) is 82.2 Å². The van der Waals surface area contributed by atoms with Gasteiger partial charge in [0, 0.05) is 0 Å². The van der Waals surface area contributed by atoms with E-state index in [9.17, 15) is 9.90 Å². The highest BCUT2D eigenvalue weighted by Crippen LogP contribution is 2.17. The van der Waals surface area contributed by atoms with E-state index in [2.05, 4.69) is 10.2 Å². The first-order valence-electron chi connectivity index (χ1n) is 7.67. The molecule has 1 atom stereocenters. The third kappa shape index (κ3) is 4.57. The molecule has 3 aromatic rings. The summed E-state index contributed by atoms with van der Waals surface area (Å²) in [6.45, 7) is 0.491. The Balaban J connectivity index is 1.57. The van der Waals surface area contributed by atoms with Crippen molar-refractivity contribution in [3.63, 3.8) is 0 Å². The second kappa shape index (κ2) is 7.61. The van der Waals surface area contributed by atoms with E-state index in [1.807, 2.05) is 54.6 Å². The van der Waals surface area contributed by atoms with E-state index in [1.54, 1.807) is 0 Å². The summed E-state index contributed by atoms with van der Waals surface area (Å²) in [6, 6.07) is 17.5. The summed E-state index contributed by atoms with van der Waals surface area (Å²) in [5.41, 5.74) is 2.03. The molecule has 6 nitrogen and oxygen atoms in total. The fourth-order valence-corrected chi connectivity index (χ4v) is 2.40. The molecule has 0 aliphatic heterocycles. The van der Waals surface area contributed by atoms with Gasteiger partial charge in [0.25, 0.3) is 0 Å². The zero-order chi connectivity index (χ0) is 16.8. The molecule has 124 valence electrons. The Morgan fingerprint density at radius 3 is 2.62 bits per heavy atom. The number of hydrogen-bond acceptors (Lipinski definition) is 5. The lowest BCUT2D eigenvalue weighted by atomic mass is 10.1. The van der Waals surface area contributed by atoms with Crippen molar-refractivity contribution in [2.45, 2.75) is 25.6 Å². The van der Waals surface area contributed by atoms with Crippen molar-refractivity contribution in [1.82, 2.24) is 10.2 Å². The van der Waals surface area contributed by atoms with Crippen LogP contribution < -0.4 is 10.5 Å². The first-order valence-corrected chi connectivity index (χ1v) is 7.67. The highest BCUT2D eigenvalue weighted by Gasteiger charge is 2.11. The molecular formula is C18H18N2O4. The summed E-state index contributed by atoms with van der Waals surface area (Å²) in [6.07, 6.45) is -0.103. The molecule has 0 aliphatic rings. The molecule has 0 saturated carbocycles. The smallest absolute Gasteiger partial charge is 0.434 e. The number of aliphatic hydroxyl groups is 1. The maximum Gasteiger partial charge on any atom is 0.434 e. The van der Waals surface area contributed by atoms with Gasteiger partial charge in [-0.25, -0.2) is 9.89 Å². The van der Waals surface area contributed by atoms with Gasteiger partial charge in [0.15, 0.2) is 0 Å². The maximum absolute atomic E-state index is 10.9. The summed E-state index contributed by atoms with van der Waals surface area (Å²) in [5.74, 6) is 0.326. The van der Waals surface area contributed by atoms with Crippen molar-refractivity contribution >= 4 is 0 Å². The highest BCUT2D eigenvalue weighted by atomic mass is 16.5. The zero-order valence-corrected chi connectivity index (χ0v) is 13.0. The fourth-order valence-electron chi connectivity index (χ4n) is 2.40. The predicted molar refractivity (Wildman–Crippen MR) is 87.8 cm³/mol. The van der Waals surface area contributed by atoms with Crippen LogP contribution >= 0.6 is 0 Å². The number of nitrogens with zero attached hydrogens (tertiary/aromatic N) is 1. The molecule has 2 N–H and O–H groups in total. The fraction of sp³-hybridized carbons (Fsp3) is 0.222. The number of ether oxygens (including phenoxy) is 1. The average molecular weight is 326 g/mol. The molecule has 0 radical (unpaired) electrons. The van der Waals surface area contributed by atoms with Crippen molar-refractivity contribution in [2.75, 3.05) is 0 Å². The van der Waals surface area contributed by atoms with Crippen molar-refractivity contribution in [2.24, 2.45) is 0 Å². The molecule has 2 aromatic carbocycles. The third-order valence-corrected chi connectivity index (χ3v) is 3.51. The Morgan fingerprint density at radius 1 is 1.08 bits per heavy atom. The number of H-pyrrole nitrogens is 1. The van der Waals surface area contributed by atoms with Crippen molar-refractivity contribution in [1.29, 1.82) is 0 Å². The summed E-state index contributed by atoms with van der Waals surface area (Å²) in [4.78, 5) is 10.9. The van der Waals surface area contributed by atoms with Gasteiger partial charge in [0.2, 0.25) is 5.89 Å². The summed E-state index contributed by atoms with van der Waals surface area (Å²) in [5, 5.41) is 16.0. The summed E-state index contributed by atoms with van der Waals surface area (Å²) in [7, 11) is 0. The molecule has 0 spiro atoms. The van der Waals surface area contributed by atoms with Crippen LogP contribution in [-0.2, 0) is 19.4 Å². The quantitative estimate of drug-likeness (QED) is 0.694. The Kier molecular flexibility index (Phi) is 5.08. The number of hydrogen-bond donors (Lipinski definition) is 2. The molecule has 1 unspecified atom stereocenters. The van der Waals surface area contributed by atoms with Crippen molar-refractivity contribution < 1.29 is 14.3 Å². The van der Waals surface area contributed by atoms with Crippen LogP contribution in [0.5, 0.6) is 5.75 Å². The number of nitrogens with one attached hydrogen (secondary N) is 1. The van der Waals surface area contributed by atoms with Gasteiger partial charge in [-0.1, -0.05) is 42.5 Å². The SMILES string of the molecule is O=c1[nH]nc(CC(O)Cc2cccc(OCc3ccccc3)c2)o1. The van der Waals surface area contributed by atoms with Gasteiger partial charge < -0.3 is 14.3 Å². The standard InChI is InChI=1S/C18H18N2O4/c21-15(11-17-19-20-18(22)24-17)9-14-7-4-8-16(10-14)23-12-13-5-2-1-3-6-13/h1-8,10,15,21H,9,11-12H2,(H,20,22). The van der Waals surface area contributed by atoms with Gasteiger partial charge in [-0.3, -0.25) is 0 Å². The van der Waals surface area contributed by atoms with Crippen LogP contribution in [0.1, 0.15) is 17.0 Å². The van der Waals surface area contributed by atoms with Gasteiger partial charge in [0.1, 0.15) is 12.4 Å². The number of rotatable bonds is 7. The number of benzene rings is 2. The van der Waals surface area contributed by atoms with Gasteiger partial charge in [0.05, 0.1) is 12.5 Å². The van der Waals surface area contributed by atoms with Crippen LogP contribution in [0.4, 0.5) is 0 Å². The van der Waals surface area contributed by atoms with Gasteiger partial charge >= 0.3 is 5.76 Å². The van der Waals surface area contributed by atoms with Gasteiger partial charge in [-0.15, -0.1) is 5.10 Å². The Bertz CT molecular complexity index is 826. The normalized spacial score (nSPS) is 12.0. The second-order valence-corrected chi connectivity index (χ2v) is 5.49. The lowest BCUT2D eigenvalue weighted by Gasteiger charge is -2.11. The largest absolute Gasteiger partial charge is 0.489 e. The lowest BCUT2D eigenvalue weighted by Crippen LogP contribution is -2.14. The van der Waals surface area contributed by atoms with E-state index in [1.165, 1.54) is 0 Å². The third-order valence-electron chi connectivity index (χ3n) is 3.51. The minimum Gasteiger partial charge on any atom is -0.489 e. The number of aromatic nitrogens is 2. The van der Waals surface area contributed by atoms with Gasteiger partial charge in [-0.05, 0) is 29.7 Å². The number of aromatic amines is 1. The summed E-state index contributed by atoms with van der Waals surface area (Å²) < 4.78 is 10.6. The maximum atomic E-state index is 10.9. The predicted octanol–water partition coefficient (Wildman–Crippen LogP) is 2.09.